The van der Waals surface area contributed by atoms with E-state index >= 15 is 0 Å². The molecule has 31 heavy (non-hydrogen) atoms. The summed E-state index contributed by atoms with van der Waals surface area (Å²) in [4.78, 5) is 13.1. The Hall–Kier alpha value is -3.06. The van der Waals surface area contributed by atoms with Gasteiger partial charge in [0.15, 0.2) is 23.0 Å². The molecular weight excluding hydrogens is 398 g/mol. The van der Waals surface area contributed by atoms with E-state index in [-0.39, 0.29) is 31.0 Å². The second kappa shape index (κ2) is 8.23. The Morgan fingerprint density at radius 1 is 1.16 bits per heavy atom. The molecule has 1 aliphatic carbocycles. The number of ketones is 1. The summed E-state index contributed by atoms with van der Waals surface area (Å²) in [6.45, 7) is 3.67. The number of carbonyl (C=O) groups is 1. The summed E-state index contributed by atoms with van der Waals surface area (Å²) < 4.78 is 22.1. The van der Waals surface area contributed by atoms with Crippen LogP contribution in [0.15, 0.2) is 24.3 Å². The van der Waals surface area contributed by atoms with Gasteiger partial charge in [-0.1, -0.05) is 13.8 Å². The summed E-state index contributed by atoms with van der Waals surface area (Å²) in [6, 6.07) is 7.43. The average molecular weight is 425 g/mol. The van der Waals surface area contributed by atoms with Gasteiger partial charge < -0.3 is 29.5 Å². The van der Waals surface area contributed by atoms with Gasteiger partial charge in [-0.3, -0.25) is 4.79 Å². The molecule has 2 aromatic rings. The molecule has 0 saturated carbocycles. The molecule has 2 aliphatic rings. The lowest BCUT2D eigenvalue weighted by Gasteiger charge is -2.38. The van der Waals surface area contributed by atoms with E-state index in [9.17, 15) is 9.90 Å². The van der Waals surface area contributed by atoms with Crippen molar-refractivity contribution in [3.63, 3.8) is 0 Å². The van der Waals surface area contributed by atoms with E-state index in [1.807, 2.05) is 38.1 Å². The van der Waals surface area contributed by atoms with Gasteiger partial charge in [0.1, 0.15) is 5.78 Å². The van der Waals surface area contributed by atoms with Gasteiger partial charge in [0, 0.05) is 41.0 Å². The summed E-state index contributed by atoms with van der Waals surface area (Å²) in [5.41, 5.74) is 3.42. The fraction of sp³-hybridized carbons (Fsp3) is 0.417. The second-order valence-corrected chi connectivity index (χ2v) is 7.89. The van der Waals surface area contributed by atoms with E-state index in [1.165, 1.54) is 7.11 Å². The van der Waals surface area contributed by atoms with Gasteiger partial charge in [0.05, 0.1) is 20.8 Å². The largest absolute Gasteiger partial charge is 0.493 e. The summed E-state index contributed by atoms with van der Waals surface area (Å²) in [5.74, 6) is 1.23. The number of aliphatic hydroxyl groups excluding tert-OH is 1. The van der Waals surface area contributed by atoms with E-state index < -0.39 is 5.92 Å². The van der Waals surface area contributed by atoms with Crippen molar-refractivity contribution in [2.24, 2.45) is 11.8 Å². The number of methoxy groups -OCH3 is 2. The Bertz CT molecular complexity index is 1020. The zero-order chi connectivity index (χ0) is 22.3. The van der Waals surface area contributed by atoms with Crippen molar-refractivity contribution >= 4 is 11.5 Å². The van der Waals surface area contributed by atoms with E-state index in [2.05, 4.69) is 0 Å². The maximum atomic E-state index is 13.1. The molecule has 0 amide bonds. The lowest BCUT2D eigenvalue weighted by atomic mass is 9.64. The quantitative estimate of drug-likeness (QED) is 0.733. The molecule has 2 N–H and O–H groups in total. The van der Waals surface area contributed by atoms with Crippen molar-refractivity contribution in [1.29, 1.82) is 5.41 Å². The predicted octanol–water partition coefficient (Wildman–Crippen LogP) is 3.67. The third-order valence-corrected chi connectivity index (χ3v) is 6.35. The Balaban J connectivity index is 1.99. The predicted molar refractivity (Wildman–Crippen MR) is 115 cm³/mol. The second-order valence-electron chi connectivity index (χ2n) is 7.89. The third-order valence-electron chi connectivity index (χ3n) is 6.35. The van der Waals surface area contributed by atoms with Gasteiger partial charge in [-0.05, 0) is 35.4 Å². The third kappa shape index (κ3) is 3.33. The van der Waals surface area contributed by atoms with E-state index in [1.54, 1.807) is 7.11 Å². The van der Waals surface area contributed by atoms with E-state index in [4.69, 9.17) is 24.4 Å². The van der Waals surface area contributed by atoms with Crippen molar-refractivity contribution in [1.82, 2.24) is 0 Å². The van der Waals surface area contributed by atoms with Crippen molar-refractivity contribution in [3.8, 4) is 23.0 Å². The minimum Gasteiger partial charge on any atom is -0.493 e. The lowest BCUT2D eigenvalue weighted by Crippen LogP contribution is -2.38. The Labute approximate surface area is 181 Å². The molecule has 0 radical (unpaired) electrons. The SMILES string of the molecule is CCC(=O)[C@@H]1[C@H](c2cc(CO)c(OC)c(OC)c2)c2cc3c(cc2C(=N)[C@H]1C)OCO3. The van der Waals surface area contributed by atoms with E-state index in [0.29, 0.717) is 40.7 Å². The molecule has 3 atom stereocenters. The van der Waals surface area contributed by atoms with Crippen molar-refractivity contribution in [2.75, 3.05) is 21.0 Å². The Kier molecular flexibility index (Phi) is 5.62. The molecule has 0 fully saturated rings. The molecule has 7 nitrogen and oxygen atoms in total. The summed E-state index contributed by atoms with van der Waals surface area (Å²) in [7, 11) is 3.07. The zero-order valence-electron chi connectivity index (χ0n) is 18.2. The normalized spacial score (nSPS) is 21.6. The average Bonchev–Trinajstić information content (AvgIpc) is 3.26. The van der Waals surface area contributed by atoms with Gasteiger partial charge in [0.2, 0.25) is 6.79 Å². The zero-order valence-corrected chi connectivity index (χ0v) is 18.2. The Morgan fingerprint density at radius 3 is 2.48 bits per heavy atom. The first kappa shape index (κ1) is 21.2. The van der Waals surface area contributed by atoms with Crippen LogP contribution in [-0.4, -0.2) is 37.6 Å². The van der Waals surface area contributed by atoms with Crippen LogP contribution in [-0.2, 0) is 11.4 Å². The van der Waals surface area contributed by atoms with Gasteiger partial charge in [-0.2, -0.15) is 0 Å². The van der Waals surface area contributed by atoms with Crippen molar-refractivity contribution in [3.05, 3.63) is 46.5 Å². The molecule has 0 unspecified atom stereocenters. The molecule has 0 aromatic heterocycles. The standard InChI is InChI=1S/C24H27NO6/c1-5-17(27)21-12(2)23(25)16-9-19-18(30-11-31-19)8-15(16)22(21)13-6-14(10-26)24(29-4)20(7-13)28-3/h6-9,12,21-22,25-26H,5,10-11H2,1-4H3/t12-,21+,22+/m0/s1. The molecule has 2 aromatic carbocycles. The first-order chi connectivity index (χ1) is 14.9. The first-order valence-corrected chi connectivity index (χ1v) is 10.4. The number of fused-ring (bicyclic) bond motifs is 2. The summed E-state index contributed by atoms with van der Waals surface area (Å²) in [5, 5.41) is 18.7. The van der Waals surface area contributed by atoms with E-state index in [0.717, 1.165) is 16.7 Å². The molecular formula is C24H27NO6. The lowest BCUT2D eigenvalue weighted by molar-refractivity contribution is -0.123. The van der Waals surface area contributed by atoms with Crippen LogP contribution >= 0.6 is 0 Å². The van der Waals surface area contributed by atoms with Gasteiger partial charge >= 0.3 is 0 Å². The smallest absolute Gasteiger partial charge is 0.231 e. The highest BCUT2D eigenvalue weighted by Gasteiger charge is 2.43. The highest BCUT2D eigenvalue weighted by molar-refractivity contribution is 6.06. The minimum absolute atomic E-state index is 0.0888. The number of ether oxygens (including phenoxy) is 4. The van der Waals surface area contributed by atoms with Crippen LogP contribution in [0.2, 0.25) is 0 Å². The number of hydrogen-bond donors (Lipinski definition) is 2. The number of rotatable bonds is 6. The van der Waals surface area contributed by atoms with Crippen LogP contribution in [0.4, 0.5) is 0 Å². The number of Topliss-reactive ketones (excluding diaryl/α,β-unsaturated/α-hetero) is 1. The summed E-state index contributed by atoms with van der Waals surface area (Å²) in [6.07, 6.45) is 0.374. The molecule has 0 bridgehead atoms. The molecule has 4 rings (SSSR count). The topological polar surface area (TPSA) is 98.1 Å². The number of nitrogens with one attached hydrogen (secondary N) is 1. The number of aliphatic hydroxyl groups is 1. The van der Waals surface area contributed by atoms with Crippen LogP contribution in [0.25, 0.3) is 0 Å². The van der Waals surface area contributed by atoms with Crippen LogP contribution in [0, 0.1) is 17.2 Å². The van der Waals surface area contributed by atoms with Gasteiger partial charge in [-0.25, -0.2) is 0 Å². The van der Waals surface area contributed by atoms with Crippen LogP contribution < -0.4 is 18.9 Å². The molecule has 0 saturated heterocycles. The monoisotopic (exact) mass is 425 g/mol. The maximum absolute atomic E-state index is 13.1. The number of hydrogen-bond acceptors (Lipinski definition) is 7. The number of benzene rings is 2. The summed E-state index contributed by atoms with van der Waals surface area (Å²) >= 11 is 0. The minimum atomic E-state index is -0.421. The highest BCUT2D eigenvalue weighted by atomic mass is 16.7. The van der Waals surface area contributed by atoms with Crippen molar-refractivity contribution < 1.29 is 28.8 Å². The van der Waals surface area contributed by atoms with Crippen LogP contribution in [0.5, 0.6) is 23.0 Å². The maximum Gasteiger partial charge on any atom is 0.231 e. The highest BCUT2D eigenvalue weighted by Crippen LogP contribution is 2.50. The van der Waals surface area contributed by atoms with Gasteiger partial charge in [0.25, 0.3) is 0 Å². The van der Waals surface area contributed by atoms with Crippen LogP contribution in [0.1, 0.15) is 48.4 Å². The molecule has 7 heteroatoms. The van der Waals surface area contributed by atoms with Crippen LogP contribution in [0.3, 0.4) is 0 Å². The van der Waals surface area contributed by atoms with Crippen molar-refractivity contribution in [2.45, 2.75) is 32.8 Å². The van der Waals surface area contributed by atoms with Gasteiger partial charge in [-0.15, -0.1) is 0 Å². The molecule has 1 aliphatic heterocycles. The first-order valence-electron chi connectivity index (χ1n) is 10.4. The Morgan fingerprint density at radius 2 is 1.87 bits per heavy atom. The number of carbonyl (C=O) groups excluding carboxylic acids is 1. The fourth-order valence-corrected chi connectivity index (χ4v) is 4.81. The molecule has 164 valence electrons. The molecule has 0 spiro atoms. The fourth-order valence-electron chi connectivity index (χ4n) is 4.81. The molecule has 1 heterocycles.